The minimum atomic E-state index is 0.613. The van der Waals surface area contributed by atoms with Gasteiger partial charge in [0.1, 0.15) is 4.60 Å². The molecule has 0 spiro atoms. The van der Waals surface area contributed by atoms with Gasteiger partial charge in [-0.15, -0.1) is 0 Å². The Bertz CT molecular complexity index is 209. The second-order valence-corrected chi connectivity index (χ2v) is 2.47. The van der Waals surface area contributed by atoms with Crippen LogP contribution in [0.1, 0.15) is 0 Å². The number of imidazole rings is 1. The molecule has 0 amide bonds. The summed E-state index contributed by atoms with van der Waals surface area (Å²) in [5.74, 6) is 0. The Balaban J connectivity index is 3.01. The fourth-order valence-electron chi connectivity index (χ4n) is 0.604. The van der Waals surface area contributed by atoms with Gasteiger partial charge >= 0.3 is 0 Å². The van der Waals surface area contributed by atoms with E-state index in [1.807, 2.05) is 13.2 Å². The summed E-state index contributed by atoms with van der Waals surface area (Å²) >= 11 is 3.21. The average molecular weight is 191 g/mol. The minimum absolute atomic E-state index is 0.613. The van der Waals surface area contributed by atoms with Gasteiger partial charge in [0.2, 0.25) is 0 Å². The van der Waals surface area contributed by atoms with Crippen molar-refractivity contribution in [3.8, 4) is 6.01 Å². The van der Waals surface area contributed by atoms with Gasteiger partial charge in [0.15, 0.2) is 0 Å². The van der Waals surface area contributed by atoms with E-state index in [1.54, 1.807) is 11.7 Å². The highest BCUT2D eigenvalue weighted by atomic mass is 79.9. The van der Waals surface area contributed by atoms with Crippen LogP contribution in [0.15, 0.2) is 10.8 Å². The number of hydrogen-bond acceptors (Lipinski definition) is 2. The fraction of sp³-hybridized carbons (Fsp3) is 0.400. The zero-order valence-electron chi connectivity index (χ0n) is 5.26. The Labute approximate surface area is 61.8 Å². The summed E-state index contributed by atoms with van der Waals surface area (Å²) in [6, 6.07) is 0.613. The van der Waals surface area contributed by atoms with E-state index in [-0.39, 0.29) is 0 Å². The normalized spacial score (nSPS) is 9.67. The number of rotatable bonds is 1. The van der Waals surface area contributed by atoms with Gasteiger partial charge in [0.05, 0.1) is 7.11 Å². The zero-order valence-corrected chi connectivity index (χ0v) is 6.84. The quantitative estimate of drug-likeness (QED) is 0.666. The smallest absolute Gasteiger partial charge is 0.296 e. The van der Waals surface area contributed by atoms with Crippen LogP contribution in [-0.2, 0) is 7.05 Å². The van der Waals surface area contributed by atoms with Crippen LogP contribution in [0.5, 0.6) is 6.01 Å². The van der Waals surface area contributed by atoms with Crippen molar-refractivity contribution < 1.29 is 4.74 Å². The number of aromatic nitrogens is 2. The van der Waals surface area contributed by atoms with Crippen LogP contribution >= 0.6 is 15.9 Å². The van der Waals surface area contributed by atoms with Crippen molar-refractivity contribution in [3.05, 3.63) is 10.8 Å². The molecule has 9 heavy (non-hydrogen) atoms. The van der Waals surface area contributed by atoms with E-state index >= 15 is 0 Å². The molecule has 1 aromatic heterocycles. The highest BCUT2D eigenvalue weighted by Gasteiger charge is 1.99. The van der Waals surface area contributed by atoms with Gasteiger partial charge in [-0.3, -0.25) is 0 Å². The van der Waals surface area contributed by atoms with Crippen LogP contribution in [-0.4, -0.2) is 16.7 Å². The van der Waals surface area contributed by atoms with Gasteiger partial charge in [-0.05, 0) is 15.9 Å². The number of ether oxygens (including phenoxy) is 1. The minimum Gasteiger partial charge on any atom is -0.468 e. The molecule has 0 unspecified atom stereocenters. The third-order valence-electron chi connectivity index (χ3n) is 0.987. The average Bonchev–Trinajstić information content (AvgIpc) is 2.10. The predicted octanol–water partition coefficient (Wildman–Crippen LogP) is 1.19. The van der Waals surface area contributed by atoms with Crippen molar-refractivity contribution in [1.29, 1.82) is 0 Å². The molecule has 0 atom stereocenters. The monoisotopic (exact) mass is 190 g/mol. The molecule has 0 bridgehead atoms. The first-order valence-electron chi connectivity index (χ1n) is 2.47. The van der Waals surface area contributed by atoms with Crippen LogP contribution in [0.25, 0.3) is 0 Å². The maximum absolute atomic E-state index is 4.89. The SMILES string of the molecule is COc1nc(Br)cn1C. The second-order valence-electron chi connectivity index (χ2n) is 1.66. The summed E-state index contributed by atoms with van der Waals surface area (Å²) in [6.07, 6.45) is 1.83. The summed E-state index contributed by atoms with van der Waals surface area (Å²) in [5, 5.41) is 0. The number of hydrogen-bond donors (Lipinski definition) is 0. The Morgan fingerprint density at radius 2 is 2.44 bits per heavy atom. The van der Waals surface area contributed by atoms with Crippen molar-refractivity contribution in [2.75, 3.05) is 7.11 Å². The summed E-state index contributed by atoms with van der Waals surface area (Å²) < 4.78 is 7.48. The standard InChI is InChI=1S/C5H7BrN2O/c1-8-3-4(6)7-5(8)9-2/h3H,1-2H3. The molecule has 0 aromatic carbocycles. The van der Waals surface area contributed by atoms with Crippen molar-refractivity contribution in [3.63, 3.8) is 0 Å². The Morgan fingerprint density at radius 1 is 1.78 bits per heavy atom. The number of nitrogens with zero attached hydrogens (tertiary/aromatic N) is 2. The maximum atomic E-state index is 4.89. The van der Waals surface area contributed by atoms with Gasteiger partial charge in [-0.2, -0.15) is 4.98 Å². The molecule has 0 aliphatic rings. The lowest BCUT2D eigenvalue weighted by Gasteiger charge is -1.94. The molecular formula is C5H7BrN2O. The van der Waals surface area contributed by atoms with Crippen LogP contribution in [0.4, 0.5) is 0 Å². The van der Waals surface area contributed by atoms with Gasteiger partial charge in [-0.1, -0.05) is 0 Å². The van der Waals surface area contributed by atoms with E-state index in [4.69, 9.17) is 4.74 Å². The lowest BCUT2D eigenvalue weighted by molar-refractivity contribution is 0.366. The summed E-state index contributed by atoms with van der Waals surface area (Å²) in [4.78, 5) is 3.99. The van der Waals surface area contributed by atoms with Crippen LogP contribution in [0, 0.1) is 0 Å². The Hall–Kier alpha value is -0.510. The fourth-order valence-corrected chi connectivity index (χ4v) is 1.06. The summed E-state index contributed by atoms with van der Waals surface area (Å²) in [5.41, 5.74) is 0. The first-order valence-corrected chi connectivity index (χ1v) is 3.26. The summed E-state index contributed by atoms with van der Waals surface area (Å²) in [7, 11) is 3.46. The number of aryl methyl sites for hydroxylation is 1. The number of halogens is 1. The van der Waals surface area contributed by atoms with Gasteiger partial charge in [0.25, 0.3) is 6.01 Å². The molecule has 0 N–H and O–H groups in total. The molecule has 0 aliphatic heterocycles. The maximum Gasteiger partial charge on any atom is 0.296 e. The van der Waals surface area contributed by atoms with Crippen LogP contribution < -0.4 is 4.74 Å². The van der Waals surface area contributed by atoms with Crippen molar-refractivity contribution in [2.45, 2.75) is 0 Å². The Morgan fingerprint density at radius 3 is 2.67 bits per heavy atom. The van der Waals surface area contributed by atoms with Gasteiger partial charge in [0, 0.05) is 13.2 Å². The molecule has 0 aliphatic carbocycles. The van der Waals surface area contributed by atoms with E-state index in [2.05, 4.69) is 20.9 Å². The zero-order chi connectivity index (χ0) is 6.85. The van der Waals surface area contributed by atoms with E-state index in [0.29, 0.717) is 6.01 Å². The van der Waals surface area contributed by atoms with E-state index in [0.717, 1.165) is 4.60 Å². The first kappa shape index (κ1) is 6.61. The highest BCUT2D eigenvalue weighted by molar-refractivity contribution is 9.10. The molecule has 1 rings (SSSR count). The predicted molar refractivity (Wildman–Crippen MR) is 37.5 cm³/mol. The molecule has 4 heteroatoms. The lowest BCUT2D eigenvalue weighted by Crippen LogP contribution is -1.92. The largest absolute Gasteiger partial charge is 0.468 e. The Kier molecular flexibility index (Phi) is 1.75. The first-order chi connectivity index (χ1) is 4.24. The molecule has 1 aromatic rings. The number of methoxy groups -OCH3 is 1. The van der Waals surface area contributed by atoms with Crippen molar-refractivity contribution >= 4 is 15.9 Å². The summed E-state index contributed by atoms with van der Waals surface area (Å²) in [6.45, 7) is 0. The molecule has 0 saturated heterocycles. The van der Waals surface area contributed by atoms with E-state index < -0.39 is 0 Å². The van der Waals surface area contributed by atoms with Crippen molar-refractivity contribution in [2.24, 2.45) is 7.05 Å². The molecule has 3 nitrogen and oxygen atoms in total. The van der Waals surface area contributed by atoms with E-state index in [1.165, 1.54) is 0 Å². The van der Waals surface area contributed by atoms with Crippen LogP contribution in [0.2, 0.25) is 0 Å². The third kappa shape index (κ3) is 1.24. The van der Waals surface area contributed by atoms with Gasteiger partial charge in [-0.25, -0.2) is 0 Å². The lowest BCUT2D eigenvalue weighted by atomic mass is 10.9. The van der Waals surface area contributed by atoms with Crippen LogP contribution in [0.3, 0.4) is 0 Å². The molecule has 0 saturated carbocycles. The van der Waals surface area contributed by atoms with Gasteiger partial charge < -0.3 is 9.30 Å². The molecule has 50 valence electrons. The molecular weight excluding hydrogens is 184 g/mol. The highest BCUT2D eigenvalue weighted by Crippen LogP contribution is 2.12. The van der Waals surface area contributed by atoms with Crippen molar-refractivity contribution in [1.82, 2.24) is 9.55 Å². The van der Waals surface area contributed by atoms with E-state index in [9.17, 15) is 0 Å². The molecule has 0 fully saturated rings. The second kappa shape index (κ2) is 2.39. The molecule has 0 radical (unpaired) electrons. The molecule has 1 heterocycles. The topological polar surface area (TPSA) is 27.1 Å². The third-order valence-corrected chi connectivity index (χ3v) is 1.37.